The van der Waals surface area contributed by atoms with Gasteiger partial charge in [0.2, 0.25) is 0 Å². The van der Waals surface area contributed by atoms with Gasteiger partial charge in [-0.25, -0.2) is 0 Å². The third kappa shape index (κ3) is 4.63. The maximum absolute atomic E-state index is 9.19. The number of nitrogens with zero attached hydrogens (tertiary/aromatic N) is 2. The summed E-state index contributed by atoms with van der Waals surface area (Å²) in [6.45, 7) is 0. The molecule has 1 heterocycles. The zero-order valence-electron chi connectivity index (χ0n) is 35.1. The number of hydrogen-bond acceptors (Lipinski definition) is 1. The Balaban J connectivity index is 1.02. The van der Waals surface area contributed by atoms with E-state index in [9.17, 15) is 2.74 Å². The molecule has 10 aromatic carbocycles. The van der Waals surface area contributed by atoms with Crippen LogP contribution >= 0.6 is 0 Å². The summed E-state index contributed by atoms with van der Waals surface area (Å²) in [5.74, 6) is 0. The van der Waals surface area contributed by atoms with Crippen molar-refractivity contribution in [2.45, 2.75) is 0 Å². The minimum absolute atomic E-state index is 0.0961. The van der Waals surface area contributed by atoms with E-state index in [-0.39, 0.29) is 29.9 Å². The number of benzene rings is 10. The quantitative estimate of drug-likeness (QED) is 0.172. The van der Waals surface area contributed by atoms with Crippen molar-refractivity contribution in [3.8, 4) is 39.1 Å². The van der Waals surface area contributed by atoms with Gasteiger partial charge < -0.3 is 9.47 Å². The smallest absolute Gasteiger partial charge is 0.0645 e. The topological polar surface area (TPSA) is 8.17 Å². The van der Waals surface area contributed by atoms with Crippen LogP contribution in [0.2, 0.25) is 0 Å². The molecule has 0 saturated heterocycles. The van der Waals surface area contributed by atoms with E-state index in [0.29, 0.717) is 11.4 Å². The third-order valence-corrected chi connectivity index (χ3v) is 11.5. The molecule has 0 N–H and O–H groups in total. The molecular weight excluding hydrogens is 677 g/mol. The molecule has 0 fully saturated rings. The fraction of sp³-hybridized carbons (Fsp3) is 0. The number of hydrogen-bond donors (Lipinski definition) is 0. The zero-order valence-corrected chi connectivity index (χ0v) is 30.1. The van der Waals surface area contributed by atoms with Crippen LogP contribution in [0.25, 0.3) is 93.2 Å². The van der Waals surface area contributed by atoms with E-state index >= 15 is 0 Å². The van der Waals surface area contributed by atoms with Crippen molar-refractivity contribution < 1.29 is 6.85 Å². The Morgan fingerprint density at radius 2 is 0.946 bits per heavy atom. The van der Waals surface area contributed by atoms with Gasteiger partial charge in [-0.1, -0.05) is 127 Å². The first-order valence-electron chi connectivity index (χ1n) is 21.4. The molecule has 12 rings (SSSR count). The van der Waals surface area contributed by atoms with Crippen LogP contribution in [-0.4, -0.2) is 4.57 Å². The Morgan fingerprint density at radius 3 is 1.64 bits per heavy atom. The molecule has 1 aliphatic carbocycles. The van der Waals surface area contributed by atoms with Crippen LogP contribution in [0.1, 0.15) is 6.85 Å². The lowest BCUT2D eigenvalue weighted by molar-refractivity contribution is 1.19. The van der Waals surface area contributed by atoms with Crippen molar-refractivity contribution in [1.82, 2.24) is 4.57 Å². The maximum atomic E-state index is 9.19. The largest absolute Gasteiger partial charge is 0.310 e. The van der Waals surface area contributed by atoms with E-state index in [1.165, 1.54) is 49.3 Å². The molecule has 0 bridgehead atoms. The van der Waals surface area contributed by atoms with Crippen LogP contribution in [0.5, 0.6) is 0 Å². The SMILES string of the molecule is [2H]c1c([2H])c([2H])c(N(c2ccc3cc4c(cc3c2)-c2cc3ccc(-n5c6ccccc6c6ccccc65)cc3cc2-4)c2ccc3ccccc3c2-c2ccccc2)c([2H])c1[2H]. The number of rotatable bonds is 5. The van der Waals surface area contributed by atoms with E-state index < -0.39 is 6.04 Å². The Labute approximate surface area is 331 Å². The predicted molar refractivity (Wildman–Crippen MR) is 238 cm³/mol. The lowest BCUT2D eigenvalue weighted by Gasteiger charge is -2.30. The van der Waals surface area contributed by atoms with Crippen LogP contribution in [0.15, 0.2) is 206 Å². The van der Waals surface area contributed by atoms with Gasteiger partial charge in [0.15, 0.2) is 0 Å². The second-order valence-corrected chi connectivity index (χ2v) is 14.6. The highest BCUT2D eigenvalue weighted by atomic mass is 15.1. The molecule has 2 nitrogen and oxygen atoms in total. The lowest BCUT2D eigenvalue weighted by Crippen LogP contribution is -2.11. The molecule has 56 heavy (non-hydrogen) atoms. The third-order valence-electron chi connectivity index (χ3n) is 11.5. The molecule has 0 radical (unpaired) electrons. The first kappa shape index (κ1) is 26.4. The number of aromatic nitrogens is 1. The van der Waals surface area contributed by atoms with Crippen molar-refractivity contribution in [3.05, 3.63) is 206 Å². The highest BCUT2D eigenvalue weighted by Gasteiger charge is 2.25. The summed E-state index contributed by atoms with van der Waals surface area (Å²) in [6.07, 6.45) is 0. The first-order chi connectivity index (χ1) is 29.8. The monoisotopic (exact) mass is 715 g/mol. The van der Waals surface area contributed by atoms with Crippen molar-refractivity contribution >= 4 is 71.2 Å². The van der Waals surface area contributed by atoms with Crippen molar-refractivity contribution in [1.29, 1.82) is 0 Å². The van der Waals surface area contributed by atoms with Gasteiger partial charge >= 0.3 is 0 Å². The van der Waals surface area contributed by atoms with Gasteiger partial charge in [0.05, 0.1) is 23.6 Å². The molecule has 0 spiro atoms. The maximum Gasteiger partial charge on any atom is 0.0645 e. The summed E-state index contributed by atoms with van der Waals surface area (Å²) in [5.41, 5.74) is 11.6. The standard InChI is InChI=1S/C54H34N2/c1-3-14-36(15-4-1)54-44-18-8-7-13-35(44)25-28-53(54)55(41-16-5-2-6-17-41)42-26-23-37-31-47-49(33-39(37)29-42)48-32-38-24-27-43(30-40(38)34-50(47)48)56-51-21-11-9-19-45(51)46-20-10-12-22-52(46)56/h1-34H/i2D,5D,6D,16D,17D. The summed E-state index contributed by atoms with van der Waals surface area (Å²) in [6, 6.07) is 59.7. The van der Waals surface area contributed by atoms with Gasteiger partial charge in [-0.05, 0) is 139 Å². The molecule has 0 atom stereocenters. The molecule has 0 aliphatic heterocycles. The van der Waals surface area contributed by atoms with Gasteiger partial charge in [-0.2, -0.15) is 0 Å². The van der Waals surface area contributed by atoms with Gasteiger partial charge in [-0.15, -0.1) is 0 Å². The Morgan fingerprint density at radius 1 is 0.393 bits per heavy atom. The predicted octanol–water partition coefficient (Wildman–Crippen LogP) is 15.0. The highest BCUT2D eigenvalue weighted by Crippen LogP contribution is 2.51. The second kappa shape index (κ2) is 12.0. The van der Waals surface area contributed by atoms with Crippen molar-refractivity contribution in [2.75, 3.05) is 4.90 Å². The summed E-state index contributed by atoms with van der Waals surface area (Å²) in [4.78, 5) is 1.85. The molecule has 1 aromatic heterocycles. The average molecular weight is 716 g/mol. The van der Waals surface area contributed by atoms with E-state index in [4.69, 9.17) is 4.11 Å². The van der Waals surface area contributed by atoms with E-state index in [1.807, 2.05) is 53.4 Å². The van der Waals surface area contributed by atoms with Crippen LogP contribution in [-0.2, 0) is 0 Å². The second-order valence-electron chi connectivity index (χ2n) is 14.6. The molecule has 0 saturated carbocycles. The van der Waals surface area contributed by atoms with E-state index in [1.54, 1.807) is 0 Å². The van der Waals surface area contributed by atoms with E-state index in [2.05, 4.69) is 132 Å². The zero-order chi connectivity index (χ0) is 41.1. The minimum Gasteiger partial charge on any atom is -0.310 e. The van der Waals surface area contributed by atoms with Gasteiger partial charge in [0.1, 0.15) is 0 Å². The number of fused-ring (bicyclic) bond motifs is 10. The van der Waals surface area contributed by atoms with Gasteiger partial charge in [-0.3, -0.25) is 0 Å². The van der Waals surface area contributed by atoms with Crippen molar-refractivity contribution in [3.63, 3.8) is 0 Å². The summed E-state index contributed by atoms with van der Waals surface area (Å²) in [5, 5.41) is 8.90. The molecule has 0 amide bonds. The van der Waals surface area contributed by atoms with Crippen LogP contribution < -0.4 is 4.90 Å². The van der Waals surface area contributed by atoms with Crippen LogP contribution in [0.4, 0.5) is 17.1 Å². The molecule has 1 aliphatic rings. The molecular formula is C54H34N2. The Bertz CT molecular complexity index is 3580. The Kier molecular flexibility index (Phi) is 5.67. The normalized spacial score (nSPS) is 13.2. The van der Waals surface area contributed by atoms with E-state index in [0.717, 1.165) is 43.9 Å². The van der Waals surface area contributed by atoms with Crippen LogP contribution in [0, 0.1) is 0 Å². The molecule has 0 unspecified atom stereocenters. The summed E-state index contributed by atoms with van der Waals surface area (Å²) >= 11 is 0. The lowest BCUT2D eigenvalue weighted by atomic mass is 9.78. The minimum atomic E-state index is -0.424. The number of anilines is 3. The summed E-state index contributed by atoms with van der Waals surface area (Å²) in [7, 11) is 0. The first-order valence-corrected chi connectivity index (χ1v) is 18.9. The van der Waals surface area contributed by atoms with Gasteiger partial charge in [0.25, 0.3) is 0 Å². The van der Waals surface area contributed by atoms with Gasteiger partial charge in [0, 0.05) is 33.4 Å². The highest BCUT2D eigenvalue weighted by molar-refractivity contribution is 6.14. The fourth-order valence-electron chi connectivity index (χ4n) is 8.98. The fourth-order valence-corrected chi connectivity index (χ4v) is 8.98. The number of para-hydroxylation sites is 3. The molecule has 11 aromatic rings. The Hall–Kier alpha value is -7.42. The average Bonchev–Trinajstić information content (AvgIpc) is 3.64. The van der Waals surface area contributed by atoms with Crippen molar-refractivity contribution in [2.24, 2.45) is 0 Å². The molecule has 2 heteroatoms. The molecule has 260 valence electrons. The van der Waals surface area contributed by atoms with Crippen LogP contribution in [0.3, 0.4) is 0 Å². The summed E-state index contributed by atoms with van der Waals surface area (Å²) < 4.78 is 46.6.